The van der Waals surface area contributed by atoms with Gasteiger partial charge in [-0.2, -0.15) is 0 Å². The lowest BCUT2D eigenvalue weighted by Crippen LogP contribution is -1.99. The summed E-state index contributed by atoms with van der Waals surface area (Å²) < 4.78 is 5.89. The molecule has 100 valence electrons. The minimum atomic E-state index is 0.476. The van der Waals surface area contributed by atoms with Crippen molar-refractivity contribution < 1.29 is 4.74 Å². The Balaban J connectivity index is 2.14. The molecule has 0 aliphatic rings. The number of hydrogen-bond donors (Lipinski definition) is 0. The molecule has 1 nitrogen and oxygen atoms in total. The second-order valence-corrected chi connectivity index (χ2v) is 5.30. The molecule has 2 aromatic rings. The molecule has 0 unspecified atom stereocenters. The van der Waals surface area contributed by atoms with Gasteiger partial charge in [0, 0.05) is 5.56 Å². The van der Waals surface area contributed by atoms with Gasteiger partial charge in [-0.1, -0.05) is 47.0 Å². The number of ether oxygens (including phenoxy) is 1. The molecule has 0 amide bonds. The second-order valence-electron chi connectivity index (χ2n) is 5.03. The van der Waals surface area contributed by atoms with Gasteiger partial charge in [-0.05, 0) is 32.4 Å². The summed E-state index contributed by atoms with van der Waals surface area (Å²) in [4.78, 5) is 0. The van der Waals surface area contributed by atoms with Gasteiger partial charge in [-0.25, -0.2) is 0 Å². The number of alkyl halides is 1. The third-order valence-electron chi connectivity index (χ3n) is 3.04. The standard InChI is InChI=1S/C17H19ClO/c1-12-4-5-17(16(9-12)10-18)19-11-15-7-13(2)6-14(3)8-15/h4-9H,10-11H2,1-3H3. The molecule has 2 heteroatoms. The van der Waals surface area contributed by atoms with Crippen LogP contribution in [0.2, 0.25) is 0 Å². The maximum atomic E-state index is 5.96. The zero-order valence-electron chi connectivity index (χ0n) is 11.7. The van der Waals surface area contributed by atoms with Crippen LogP contribution in [0.1, 0.15) is 27.8 Å². The molecular weight excluding hydrogens is 256 g/mol. The van der Waals surface area contributed by atoms with Gasteiger partial charge in [0.25, 0.3) is 0 Å². The summed E-state index contributed by atoms with van der Waals surface area (Å²) in [6.45, 7) is 6.85. The summed E-state index contributed by atoms with van der Waals surface area (Å²) in [5.41, 5.74) is 5.97. The molecule has 0 radical (unpaired) electrons. The van der Waals surface area contributed by atoms with Crippen molar-refractivity contribution in [2.24, 2.45) is 0 Å². The average molecular weight is 275 g/mol. The fraction of sp³-hybridized carbons (Fsp3) is 0.294. The fourth-order valence-corrected chi connectivity index (χ4v) is 2.48. The summed E-state index contributed by atoms with van der Waals surface area (Å²) >= 11 is 5.96. The van der Waals surface area contributed by atoms with Crippen LogP contribution in [-0.2, 0) is 12.5 Å². The molecule has 0 atom stereocenters. The normalized spacial score (nSPS) is 10.5. The van der Waals surface area contributed by atoms with Crippen molar-refractivity contribution in [1.82, 2.24) is 0 Å². The summed E-state index contributed by atoms with van der Waals surface area (Å²) in [5, 5.41) is 0. The lowest BCUT2D eigenvalue weighted by Gasteiger charge is -2.11. The van der Waals surface area contributed by atoms with Crippen molar-refractivity contribution in [2.75, 3.05) is 0 Å². The van der Waals surface area contributed by atoms with Crippen LogP contribution in [0.5, 0.6) is 5.75 Å². The largest absolute Gasteiger partial charge is 0.489 e. The minimum Gasteiger partial charge on any atom is -0.489 e. The van der Waals surface area contributed by atoms with E-state index in [1.54, 1.807) is 0 Å². The first-order chi connectivity index (χ1) is 9.08. The van der Waals surface area contributed by atoms with E-state index in [1.165, 1.54) is 22.3 Å². The van der Waals surface area contributed by atoms with E-state index in [0.29, 0.717) is 12.5 Å². The lowest BCUT2D eigenvalue weighted by atomic mass is 10.1. The molecule has 0 fully saturated rings. The van der Waals surface area contributed by atoms with Crippen molar-refractivity contribution in [3.63, 3.8) is 0 Å². The lowest BCUT2D eigenvalue weighted by molar-refractivity contribution is 0.303. The van der Waals surface area contributed by atoms with E-state index in [0.717, 1.165) is 11.3 Å². The van der Waals surface area contributed by atoms with Crippen molar-refractivity contribution in [2.45, 2.75) is 33.3 Å². The molecule has 0 aliphatic carbocycles. The first-order valence-corrected chi connectivity index (χ1v) is 6.97. The molecule has 0 N–H and O–H groups in total. The predicted octanol–water partition coefficient (Wildman–Crippen LogP) is 4.93. The van der Waals surface area contributed by atoms with Gasteiger partial charge >= 0.3 is 0 Å². The number of benzene rings is 2. The SMILES string of the molecule is Cc1cc(C)cc(COc2ccc(C)cc2CCl)c1. The monoisotopic (exact) mass is 274 g/mol. The summed E-state index contributed by atoms with van der Waals surface area (Å²) in [7, 11) is 0. The minimum absolute atomic E-state index is 0.476. The molecule has 0 saturated carbocycles. The van der Waals surface area contributed by atoms with Crippen molar-refractivity contribution >= 4 is 11.6 Å². The zero-order valence-corrected chi connectivity index (χ0v) is 12.4. The van der Waals surface area contributed by atoms with E-state index in [1.807, 2.05) is 12.1 Å². The molecule has 0 bridgehead atoms. The van der Waals surface area contributed by atoms with Crippen LogP contribution in [0.4, 0.5) is 0 Å². The van der Waals surface area contributed by atoms with E-state index in [-0.39, 0.29) is 0 Å². The van der Waals surface area contributed by atoms with Gasteiger partial charge in [0.2, 0.25) is 0 Å². The van der Waals surface area contributed by atoms with Crippen LogP contribution in [0, 0.1) is 20.8 Å². The molecule has 2 rings (SSSR count). The first-order valence-electron chi connectivity index (χ1n) is 6.44. The first kappa shape index (κ1) is 14.0. The molecular formula is C17H19ClO. The summed E-state index contributed by atoms with van der Waals surface area (Å²) in [6, 6.07) is 12.6. The van der Waals surface area contributed by atoms with Crippen LogP contribution in [0.25, 0.3) is 0 Å². The quantitative estimate of drug-likeness (QED) is 0.719. The van der Waals surface area contributed by atoms with E-state index in [2.05, 4.69) is 45.0 Å². The van der Waals surface area contributed by atoms with Crippen molar-refractivity contribution in [1.29, 1.82) is 0 Å². The molecule has 19 heavy (non-hydrogen) atoms. The highest BCUT2D eigenvalue weighted by Crippen LogP contribution is 2.23. The van der Waals surface area contributed by atoms with E-state index < -0.39 is 0 Å². The van der Waals surface area contributed by atoms with Crippen LogP contribution in [-0.4, -0.2) is 0 Å². The Labute approximate surface area is 120 Å². The highest BCUT2D eigenvalue weighted by molar-refractivity contribution is 6.17. The van der Waals surface area contributed by atoms with Gasteiger partial charge < -0.3 is 4.74 Å². The number of aryl methyl sites for hydroxylation is 3. The van der Waals surface area contributed by atoms with Crippen LogP contribution >= 0.6 is 11.6 Å². The van der Waals surface area contributed by atoms with Gasteiger partial charge in [-0.3, -0.25) is 0 Å². The smallest absolute Gasteiger partial charge is 0.124 e. The molecule has 0 aromatic heterocycles. The average Bonchev–Trinajstić information content (AvgIpc) is 2.36. The maximum Gasteiger partial charge on any atom is 0.124 e. The maximum absolute atomic E-state index is 5.96. The fourth-order valence-electron chi connectivity index (χ4n) is 2.27. The molecule has 0 aliphatic heterocycles. The Bertz CT molecular complexity index is 555. The topological polar surface area (TPSA) is 9.23 Å². The Morgan fingerprint density at radius 2 is 1.58 bits per heavy atom. The van der Waals surface area contributed by atoms with E-state index >= 15 is 0 Å². The number of halogens is 1. The second kappa shape index (κ2) is 6.12. The van der Waals surface area contributed by atoms with Gasteiger partial charge in [0.05, 0.1) is 5.88 Å². The Morgan fingerprint density at radius 1 is 0.895 bits per heavy atom. The summed E-state index contributed by atoms with van der Waals surface area (Å²) in [5.74, 6) is 1.35. The van der Waals surface area contributed by atoms with Crippen LogP contribution in [0.3, 0.4) is 0 Å². The molecule has 0 heterocycles. The van der Waals surface area contributed by atoms with Crippen molar-refractivity contribution in [3.8, 4) is 5.75 Å². The highest BCUT2D eigenvalue weighted by Gasteiger charge is 2.04. The van der Waals surface area contributed by atoms with Gasteiger partial charge in [0.1, 0.15) is 12.4 Å². The number of hydrogen-bond acceptors (Lipinski definition) is 1. The highest BCUT2D eigenvalue weighted by atomic mass is 35.5. The van der Waals surface area contributed by atoms with E-state index in [4.69, 9.17) is 16.3 Å². The van der Waals surface area contributed by atoms with E-state index in [9.17, 15) is 0 Å². The van der Waals surface area contributed by atoms with Crippen molar-refractivity contribution in [3.05, 3.63) is 64.2 Å². The predicted molar refractivity (Wildman–Crippen MR) is 81.0 cm³/mol. The summed E-state index contributed by atoms with van der Waals surface area (Å²) in [6.07, 6.45) is 0. The molecule has 0 spiro atoms. The van der Waals surface area contributed by atoms with Gasteiger partial charge in [-0.15, -0.1) is 11.6 Å². The zero-order chi connectivity index (χ0) is 13.8. The third-order valence-corrected chi connectivity index (χ3v) is 3.32. The molecule has 2 aromatic carbocycles. The van der Waals surface area contributed by atoms with Crippen LogP contribution < -0.4 is 4.74 Å². The number of rotatable bonds is 4. The van der Waals surface area contributed by atoms with Gasteiger partial charge in [0.15, 0.2) is 0 Å². The Kier molecular flexibility index (Phi) is 4.49. The Hall–Kier alpha value is -1.47. The Morgan fingerprint density at radius 3 is 2.21 bits per heavy atom. The van der Waals surface area contributed by atoms with Crippen LogP contribution in [0.15, 0.2) is 36.4 Å². The third kappa shape index (κ3) is 3.74. The molecule has 0 saturated heterocycles.